The van der Waals surface area contributed by atoms with Crippen LogP contribution in [0.3, 0.4) is 0 Å². The van der Waals surface area contributed by atoms with Crippen LogP contribution >= 0.6 is 0 Å². The molecule has 0 radical (unpaired) electrons. The molecule has 0 saturated heterocycles. The van der Waals surface area contributed by atoms with E-state index < -0.39 is 6.10 Å². The molecule has 0 bridgehead atoms. The molecule has 3 nitrogen and oxygen atoms in total. The Hall–Kier alpha value is -2.81. The van der Waals surface area contributed by atoms with Crippen LogP contribution in [0, 0.1) is 6.92 Å². The quantitative estimate of drug-likeness (QED) is 0.597. The van der Waals surface area contributed by atoms with Crippen molar-refractivity contribution in [3.63, 3.8) is 0 Å². The Kier molecular flexibility index (Phi) is 6.12. The SMILES string of the molecule is CCC(Oc1ccc2ccccc2c1)C(=O)NC(CC)c1ccc(C)cc1. The highest BCUT2D eigenvalue weighted by atomic mass is 16.5. The fraction of sp³-hybridized carbons (Fsp3) is 0.292. The lowest BCUT2D eigenvalue weighted by Gasteiger charge is -2.22. The van der Waals surface area contributed by atoms with Crippen molar-refractivity contribution in [1.82, 2.24) is 5.32 Å². The number of ether oxygens (including phenoxy) is 1. The van der Waals surface area contributed by atoms with Gasteiger partial charge in [0.1, 0.15) is 5.75 Å². The third-order valence-corrected chi connectivity index (χ3v) is 4.87. The van der Waals surface area contributed by atoms with E-state index in [1.807, 2.05) is 43.3 Å². The zero-order chi connectivity index (χ0) is 19.2. The smallest absolute Gasteiger partial charge is 0.261 e. The van der Waals surface area contributed by atoms with Crippen LogP contribution in [0.25, 0.3) is 10.8 Å². The third kappa shape index (κ3) is 4.68. The highest BCUT2D eigenvalue weighted by Gasteiger charge is 2.22. The first kappa shape index (κ1) is 19.0. The molecule has 3 rings (SSSR count). The van der Waals surface area contributed by atoms with Crippen molar-refractivity contribution in [3.05, 3.63) is 77.9 Å². The van der Waals surface area contributed by atoms with E-state index in [9.17, 15) is 4.79 Å². The van der Waals surface area contributed by atoms with E-state index in [1.54, 1.807) is 0 Å². The maximum absolute atomic E-state index is 12.8. The molecule has 0 spiro atoms. The Balaban J connectivity index is 1.71. The van der Waals surface area contributed by atoms with Crippen molar-refractivity contribution < 1.29 is 9.53 Å². The molecule has 3 aromatic rings. The summed E-state index contributed by atoms with van der Waals surface area (Å²) in [6.45, 7) is 6.11. The van der Waals surface area contributed by atoms with Crippen LogP contribution in [0.15, 0.2) is 66.7 Å². The lowest BCUT2D eigenvalue weighted by molar-refractivity contribution is -0.128. The lowest BCUT2D eigenvalue weighted by Crippen LogP contribution is -2.39. The van der Waals surface area contributed by atoms with Gasteiger partial charge in [-0.15, -0.1) is 0 Å². The van der Waals surface area contributed by atoms with E-state index in [4.69, 9.17) is 4.74 Å². The molecule has 0 aromatic heterocycles. The van der Waals surface area contributed by atoms with Gasteiger partial charge in [0.25, 0.3) is 5.91 Å². The summed E-state index contributed by atoms with van der Waals surface area (Å²) in [4.78, 5) is 12.8. The summed E-state index contributed by atoms with van der Waals surface area (Å²) in [5.74, 6) is 0.650. The summed E-state index contributed by atoms with van der Waals surface area (Å²) in [5.41, 5.74) is 2.34. The zero-order valence-electron chi connectivity index (χ0n) is 16.2. The predicted octanol–water partition coefficient (Wildman–Crippen LogP) is 5.57. The zero-order valence-corrected chi connectivity index (χ0v) is 16.2. The van der Waals surface area contributed by atoms with Crippen LogP contribution in [-0.4, -0.2) is 12.0 Å². The van der Waals surface area contributed by atoms with Crippen LogP contribution in [-0.2, 0) is 4.79 Å². The Morgan fingerprint density at radius 3 is 2.30 bits per heavy atom. The normalized spacial score (nSPS) is 13.1. The number of carbonyl (C=O) groups excluding carboxylic acids is 1. The third-order valence-electron chi connectivity index (χ3n) is 4.87. The van der Waals surface area contributed by atoms with Crippen LogP contribution in [0.4, 0.5) is 0 Å². The van der Waals surface area contributed by atoms with Gasteiger partial charge in [0.2, 0.25) is 0 Å². The Bertz CT molecular complexity index is 902. The number of aryl methyl sites for hydroxylation is 1. The van der Waals surface area contributed by atoms with Gasteiger partial charge in [0.15, 0.2) is 6.10 Å². The van der Waals surface area contributed by atoms with Gasteiger partial charge < -0.3 is 10.1 Å². The van der Waals surface area contributed by atoms with Gasteiger partial charge in [-0.25, -0.2) is 0 Å². The number of amides is 1. The fourth-order valence-electron chi connectivity index (χ4n) is 3.21. The molecule has 1 amide bonds. The molecule has 2 unspecified atom stereocenters. The summed E-state index contributed by atoms with van der Waals surface area (Å²) in [5, 5.41) is 5.41. The van der Waals surface area contributed by atoms with Gasteiger partial charge in [-0.3, -0.25) is 4.79 Å². The van der Waals surface area contributed by atoms with E-state index in [0.717, 1.165) is 28.5 Å². The van der Waals surface area contributed by atoms with Gasteiger partial charge in [0, 0.05) is 0 Å². The van der Waals surface area contributed by atoms with Crippen molar-refractivity contribution in [3.8, 4) is 5.75 Å². The van der Waals surface area contributed by atoms with Gasteiger partial charge in [0.05, 0.1) is 6.04 Å². The number of fused-ring (bicyclic) bond motifs is 1. The predicted molar refractivity (Wildman–Crippen MR) is 111 cm³/mol. The van der Waals surface area contributed by atoms with E-state index in [-0.39, 0.29) is 11.9 Å². The molecule has 0 heterocycles. The number of nitrogens with one attached hydrogen (secondary N) is 1. The number of hydrogen-bond donors (Lipinski definition) is 1. The summed E-state index contributed by atoms with van der Waals surface area (Å²) in [6, 6.07) is 22.4. The Morgan fingerprint density at radius 2 is 1.63 bits per heavy atom. The van der Waals surface area contributed by atoms with Crippen LogP contribution in [0.5, 0.6) is 5.75 Å². The van der Waals surface area contributed by atoms with Crippen LogP contribution in [0.2, 0.25) is 0 Å². The van der Waals surface area contributed by atoms with E-state index in [0.29, 0.717) is 6.42 Å². The molecule has 0 saturated carbocycles. The van der Waals surface area contributed by atoms with Crippen molar-refractivity contribution >= 4 is 16.7 Å². The number of hydrogen-bond acceptors (Lipinski definition) is 2. The van der Waals surface area contributed by atoms with Crippen molar-refractivity contribution in [1.29, 1.82) is 0 Å². The van der Waals surface area contributed by atoms with Crippen LogP contribution < -0.4 is 10.1 Å². The molecule has 3 aromatic carbocycles. The minimum absolute atomic E-state index is 0.00708. The summed E-state index contributed by atoms with van der Waals surface area (Å²) >= 11 is 0. The van der Waals surface area contributed by atoms with Gasteiger partial charge in [-0.2, -0.15) is 0 Å². The lowest BCUT2D eigenvalue weighted by atomic mass is 10.0. The molecular weight excluding hydrogens is 334 g/mol. The first-order valence-corrected chi connectivity index (χ1v) is 9.63. The van der Waals surface area contributed by atoms with Gasteiger partial charge >= 0.3 is 0 Å². The van der Waals surface area contributed by atoms with E-state index >= 15 is 0 Å². The second kappa shape index (κ2) is 8.72. The number of benzene rings is 3. The highest BCUT2D eigenvalue weighted by Crippen LogP contribution is 2.23. The number of rotatable bonds is 7. The fourth-order valence-corrected chi connectivity index (χ4v) is 3.21. The van der Waals surface area contributed by atoms with Crippen LogP contribution in [0.1, 0.15) is 43.9 Å². The summed E-state index contributed by atoms with van der Waals surface area (Å²) < 4.78 is 6.02. The molecule has 2 atom stereocenters. The molecule has 1 N–H and O–H groups in total. The first-order valence-electron chi connectivity index (χ1n) is 9.63. The minimum atomic E-state index is -0.509. The van der Waals surface area contributed by atoms with E-state index in [2.05, 4.69) is 49.5 Å². The largest absolute Gasteiger partial charge is 0.481 e. The highest BCUT2D eigenvalue weighted by molar-refractivity contribution is 5.84. The summed E-state index contributed by atoms with van der Waals surface area (Å²) in [7, 11) is 0. The maximum atomic E-state index is 12.8. The molecule has 0 aliphatic heterocycles. The molecule has 0 aliphatic carbocycles. The van der Waals surface area contributed by atoms with Gasteiger partial charge in [-0.05, 0) is 48.2 Å². The van der Waals surface area contributed by atoms with E-state index in [1.165, 1.54) is 5.56 Å². The molecule has 0 aliphatic rings. The molecular formula is C24H27NO2. The average molecular weight is 361 g/mol. The van der Waals surface area contributed by atoms with Crippen molar-refractivity contribution in [2.75, 3.05) is 0 Å². The Morgan fingerprint density at radius 1 is 0.926 bits per heavy atom. The molecule has 0 fully saturated rings. The number of carbonyl (C=O) groups is 1. The standard InChI is InChI=1S/C24H27NO2/c1-4-22(19-12-10-17(3)11-13-19)25-24(26)23(5-2)27-21-15-14-18-8-6-7-9-20(18)16-21/h6-16,22-23H,4-5H2,1-3H3,(H,25,26). The molecule has 140 valence electrons. The minimum Gasteiger partial charge on any atom is -0.481 e. The van der Waals surface area contributed by atoms with Crippen molar-refractivity contribution in [2.24, 2.45) is 0 Å². The maximum Gasteiger partial charge on any atom is 0.261 e. The van der Waals surface area contributed by atoms with Gasteiger partial charge in [-0.1, -0.05) is 74.0 Å². The molecule has 3 heteroatoms. The Labute approximate surface area is 161 Å². The second-order valence-electron chi connectivity index (χ2n) is 6.90. The first-order chi connectivity index (χ1) is 13.1. The van der Waals surface area contributed by atoms with Crippen molar-refractivity contribution in [2.45, 2.75) is 45.8 Å². The molecule has 27 heavy (non-hydrogen) atoms. The average Bonchev–Trinajstić information content (AvgIpc) is 2.70. The monoisotopic (exact) mass is 361 g/mol. The second-order valence-corrected chi connectivity index (χ2v) is 6.90. The summed E-state index contributed by atoms with van der Waals surface area (Å²) in [6.07, 6.45) is 0.940. The topological polar surface area (TPSA) is 38.3 Å².